The van der Waals surface area contributed by atoms with E-state index < -0.39 is 0 Å². The van der Waals surface area contributed by atoms with Crippen LogP contribution in [0.1, 0.15) is 45.7 Å². The number of nitrogens with one attached hydrogen (secondary N) is 2. The molecule has 1 aromatic heterocycles. The standard InChI is InChI=1S/C16H18N2OS.ClH/c1-2-14(15-4-3-7-20-15)18-16(19)11-5-6-12-9-17-10-13(12)8-11;/h3-8,14,17H,2,9-10H2,1H3,(H,18,19);1H. The zero-order valence-electron chi connectivity index (χ0n) is 11.9. The number of fused-ring (bicyclic) bond motifs is 1. The second-order valence-corrected chi connectivity index (χ2v) is 6.02. The summed E-state index contributed by atoms with van der Waals surface area (Å²) in [5, 5.41) is 8.47. The van der Waals surface area contributed by atoms with Crippen LogP contribution in [-0.2, 0) is 13.1 Å². The fourth-order valence-electron chi connectivity index (χ4n) is 2.54. The fourth-order valence-corrected chi connectivity index (χ4v) is 3.40. The van der Waals surface area contributed by atoms with Crippen LogP contribution in [0.3, 0.4) is 0 Å². The van der Waals surface area contributed by atoms with E-state index in [-0.39, 0.29) is 24.4 Å². The maximum atomic E-state index is 12.4. The van der Waals surface area contributed by atoms with Gasteiger partial charge in [-0.25, -0.2) is 0 Å². The highest BCUT2D eigenvalue weighted by atomic mass is 35.5. The SMILES string of the molecule is CCC(NC(=O)c1ccc2c(c1)CNC2)c1cccs1.Cl. The third kappa shape index (κ3) is 3.46. The van der Waals surface area contributed by atoms with Crippen LogP contribution < -0.4 is 10.6 Å². The first-order chi connectivity index (χ1) is 9.78. The van der Waals surface area contributed by atoms with Crippen LogP contribution in [0.4, 0.5) is 0 Å². The van der Waals surface area contributed by atoms with Crippen molar-refractivity contribution in [2.75, 3.05) is 0 Å². The average Bonchev–Trinajstić information content (AvgIpc) is 3.14. The summed E-state index contributed by atoms with van der Waals surface area (Å²) in [4.78, 5) is 13.6. The predicted octanol–water partition coefficient (Wildman–Crippen LogP) is 3.65. The molecule has 5 heteroatoms. The molecule has 1 aliphatic heterocycles. The van der Waals surface area contributed by atoms with Gasteiger partial charge in [0.1, 0.15) is 0 Å². The first-order valence-corrected chi connectivity index (χ1v) is 7.82. The lowest BCUT2D eigenvalue weighted by Crippen LogP contribution is -2.27. The molecule has 1 amide bonds. The molecule has 0 bridgehead atoms. The van der Waals surface area contributed by atoms with Crippen LogP contribution in [0, 0.1) is 0 Å². The lowest BCUT2D eigenvalue weighted by molar-refractivity contribution is 0.0936. The summed E-state index contributed by atoms with van der Waals surface area (Å²) in [7, 11) is 0. The Kier molecular flexibility index (Phi) is 5.39. The highest BCUT2D eigenvalue weighted by molar-refractivity contribution is 7.10. The van der Waals surface area contributed by atoms with Gasteiger partial charge in [-0.15, -0.1) is 23.7 Å². The van der Waals surface area contributed by atoms with Gasteiger partial charge >= 0.3 is 0 Å². The number of carbonyl (C=O) groups is 1. The third-order valence-electron chi connectivity index (χ3n) is 3.70. The van der Waals surface area contributed by atoms with E-state index in [0.29, 0.717) is 0 Å². The average molecular weight is 323 g/mol. The summed E-state index contributed by atoms with van der Waals surface area (Å²) in [6, 6.07) is 10.2. The first-order valence-electron chi connectivity index (χ1n) is 6.94. The van der Waals surface area contributed by atoms with Gasteiger partial charge < -0.3 is 10.6 Å². The van der Waals surface area contributed by atoms with E-state index in [9.17, 15) is 4.79 Å². The smallest absolute Gasteiger partial charge is 0.251 e. The van der Waals surface area contributed by atoms with Crippen molar-refractivity contribution < 1.29 is 4.79 Å². The van der Waals surface area contributed by atoms with Gasteiger partial charge in [-0.2, -0.15) is 0 Å². The quantitative estimate of drug-likeness (QED) is 0.902. The second-order valence-electron chi connectivity index (χ2n) is 5.04. The zero-order chi connectivity index (χ0) is 13.9. The van der Waals surface area contributed by atoms with Crippen molar-refractivity contribution in [3.8, 4) is 0 Å². The molecule has 2 heterocycles. The topological polar surface area (TPSA) is 41.1 Å². The third-order valence-corrected chi connectivity index (χ3v) is 4.69. The summed E-state index contributed by atoms with van der Waals surface area (Å²) in [5.74, 6) is 0.0138. The first kappa shape index (κ1) is 16.0. The lowest BCUT2D eigenvalue weighted by Gasteiger charge is -2.15. The van der Waals surface area contributed by atoms with Gasteiger partial charge in [0.2, 0.25) is 0 Å². The molecular formula is C16H19ClN2OS. The molecule has 21 heavy (non-hydrogen) atoms. The Hall–Kier alpha value is -1.36. The number of benzene rings is 1. The van der Waals surface area contributed by atoms with Gasteiger partial charge in [-0.3, -0.25) is 4.79 Å². The van der Waals surface area contributed by atoms with E-state index in [2.05, 4.69) is 29.7 Å². The highest BCUT2D eigenvalue weighted by Gasteiger charge is 2.17. The van der Waals surface area contributed by atoms with Crippen molar-refractivity contribution >= 4 is 29.7 Å². The van der Waals surface area contributed by atoms with Crippen molar-refractivity contribution in [1.29, 1.82) is 0 Å². The van der Waals surface area contributed by atoms with Crippen molar-refractivity contribution in [2.45, 2.75) is 32.5 Å². The van der Waals surface area contributed by atoms with E-state index in [0.717, 1.165) is 25.1 Å². The van der Waals surface area contributed by atoms with Crippen LogP contribution in [0.25, 0.3) is 0 Å². The molecule has 1 aliphatic rings. The summed E-state index contributed by atoms with van der Waals surface area (Å²) in [6.45, 7) is 3.86. The zero-order valence-corrected chi connectivity index (χ0v) is 13.5. The largest absolute Gasteiger partial charge is 0.344 e. The fraction of sp³-hybridized carbons (Fsp3) is 0.312. The Morgan fingerprint density at radius 1 is 1.33 bits per heavy atom. The van der Waals surface area contributed by atoms with Crippen LogP contribution in [0.15, 0.2) is 35.7 Å². The molecule has 0 aliphatic carbocycles. The number of rotatable bonds is 4. The summed E-state index contributed by atoms with van der Waals surface area (Å²) >= 11 is 1.69. The van der Waals surface area contributed by atoms with Gasteiger partial charge in [-0.05, 0) is 41.1 Å². The van der Waals surface area contributed by atoms with E-state index in [1.54, 1.807) is 11.3 Å². The van der Waals surface area contributed by atoms with Crippen molar-refractivity contribution in [3.63, 3.8) is 0 Å². The summed E-state index contributed by atoms with van der Waals surface area (Å²) in [5.41, 5.74) is 3.29. The molecule has 0 saturated heterocycles. The van der Waals surface area contributed by atoms with Gasteiger partial charge in [-0.1, -0.05) is 19.1 Å². The Morgan fingerprint density at radius 3 is 2.86 bits per heavy atom. The molecule has 112 valence electrons. The molecule has 3 rings (SSSR count). The number of amides is 1. The molecular weight excluding hydrogens is 304 g/mol. The Balaban J connectivity index is 0.00000161. The molecule has 1 atom stereocenters. The summed E-state index contributed by atoms with van der Waals surface area (Å²) in [6.07, 6.45) is 0.902. The second kappa shape index (κ2) is 7.07. The Labute approximate surface area is 135 Å². The molecule has 0 saturated carbocycles. The van der Waals surface area contributed by atoms with E-state index in [1.165, 1.54) is 16.0 Å². The van der Waals surface area contributed by atoms with Gasteiger partial charge in [0, 0.05) is 23.5 Å². The van der Waals surface area contributed by atoms with Crippen LogP contribution >= 0.6 is 23.7 Å². The normalized spacial score (nSPS) is 14.1. The molecule has 2 aromatic rings. The van der Waals surface area contributed by atoms with E-state index >= 15 is 0 Å². The van der Waals surface area contributed by atoms with Crippen LogP contribution in [0.2, 0.25) is 0 Å². The lowest BCUT2D eigenvalue weighted by atomic mass is 10.1. The molecule has 0 radical (unpaired) electrons. The maximum absolute atomic E-state index is 12.4. The molecule has 0 spiro atoms. The molecule has 3 nitrogen and oxygen atoms in total. The number of thiophene rings is 1. The van der Waals surface area contributed by atoms with Gasteiger partial charge in [0.15, 0.2) is 0 Å². The number of hydrogen-bond donors (Lipinski definition) is 2. The van der Waals surface area contributed by atoms with Gasteiger partial charge in [0.25, 0.3) is 5.91 Å². The Morgan fingerprint density at radius 2 is 2.14 bits per heavy atom. The van der Waals surface area contributed by atoms with Crippen LogP contribution in [0.5, 0.6) is 0 Å². The predicted molar refractivity (Wildman–Crippen MR) is 89.1 cm³/mol. The van der Waals surface area contributed by atoms with Gasteiger partial charge in [0.05, 0.1) is 6.04 Å². The minimum absolute atomic E-state index is 0. The minimum Gasteiger partial charge on any atom is -0.344 e. The number of halogens is 1. The molecule has 0 fully saturated rings. The maximum Gasteiger partial charge on any atom is 0.251 e. The number of carbonyl (C=O) groups excluding carboxylic acids is 1. The van der Waals surface area contributed by atoms with E-state index in [4.69, 9.17) is 0 Å². The van der Waals surface area contributed by atoms with Crippen molar-refractivity contribution in [2.24, 2.45) is 0 Å². The minimum atomic E-state index is 0. The van der Waals surface area contributed by atoms with Crippen LogP contribution in [-0.4, -0.2) is 5.91 Å². The molecule has 2 N–H and O–H groups in total. The van der Waals surface area contributed by atoms with Crippen molar-refractivity contribution in [1.82, 2.24) is 10.6 Å². The van der Waals surface area contributed by atoms with Crippen molar-refractivity contribution in [3.05, 3.63) is 57.3 Å². The highest BCUT2D eigenvalue weighted by Crippen LogP contribution is 2.23. The number of hydrogen-bond acceptors (Lipinski definition) is 3. The monoisotopic (exact) mass is 322 g/mol. The molecule has 1 unspecified atom stereocenters. The van der Waals surface area contributed by atoms with E-state index in [1.807, 2.05) is 23.6 Å². The molecule has 1 aromatic carbocycles. The summed E-state index contributed by atoms with van der Waals surface area (Å²) < 4.78 is 0. The Bertz CT molecular complexity index is 613.